The van der Waals surface area contributed by atoms with Gasteiger partial charge in [0.2, 0.25) is 0 Å². The number of aromatic nitrogens is 3. The number of furan rings is 1. The molecular formula is C45H25N3OS. The summed E-state index contributed by atoms with van der Waals surface area (Å²) >= 11 is 1.78. The third-order valence-electron chi connectivity index (χ3n) is 9.93. The molecule has 0 unspecified atom stereocenters. The molecule has 0 aliphatic rings. The fourth-order valence-corrected chi connectivity index (χ4v) is 8.77. The highest BCUT2D eigenvalue weighted by Crippen LogP contribution is 2.41. The zero-order chi connectivity index (χ0) is 32.8. The van der Waals surface area contributed by atoms with Crippen LogP contribution in [0.2, 0.25) is 0 Å². The van der Waals surface area contributed by atoms with Gasteiger partial charge in [-0.2, -0.15) is 0 Å². The quantitative estimate of drug-likeness (QED) is 0.178. The number of fused-ring (bicyclic) bond motifs is 11. The largest absolute Gasteiger partial charge is 0.455 e. The lowest BCUT2D eigenvalue weighted by molar-refractivity contribution is 0.669. The molecule has 0 radical (unpaired) electrons. The van der Waals surface area contributed by atoms with Crippen molar-refractivity contribution in [1.29, 1.82) is 0 Å². The van der Waals surface area contributed by atoms with E-state index in [0.29, 0.717) is 17.5 Å². The Morgan fingerprint density at radius 2 is 1.02 bits per heavy atom. The lowest BCUT2D eigenvalue weighted by Gasteiger charge is -2.11. The van der Waals surface area contributed by atoms with Crippen molar-refractivity contribution in [3.05, 3.63) is 152 Å². The summed E-state index contributed by atoms with van der Waals surface area (Å²) in [7, 11) is 0. The molecule has 0 saturated carbocycles. The molecule has 0 bridgehead atoms. The number of hydrogen-bond acceptors (Lipinski definition) is 5. The molecule has 11 aromatic rings. The topological polar surface area (TPSA) is 51.8 Å². The minimum Gasteiger partial charge on any atom is -0.455 e. The van der Waals surface area contributed by atoms with Crippen LogP contribution in [-0.4, -0.2) is 15.0 Å². The molecule has 0 atom stereocenters. The van der Waals surface area contributed by atoms with Crippen molar-refractivity contribution in [3.63, 3.8) is 0 Å². The minimum absolute atomic E-state index is 0.581. The first-order valence-corrected chi connectivity index (χ1v) is 17.5. The van der Waals surface area contributed by atoms with Gasteiger partial charge in [-0.3, -0.25) is 0 Å². The molecule has 0 spiro atoms. The Balaban J connectivity index is 1.16. The monoisotopic (exact) mass is 655 g/mol. The zero-order valence-electron chi connectivity index (χ0n) is 26.6. The van der Waals surface area contributed by atoms with Crippen LogP contribution < -0.4 is 0 Å². The molecule has 8 aromatic carbocycles. The van der Waals surface area contributed by atoms with Crippen molar-refractivity contribution in [3.8, 4) is 34.2 Å². The van der Waals surface area contributed by atoms with Crippen LogP contribution in [0.1, 0.15) is 0 Å². The maximum atomic E-state index is 6.47. The van der Waals surface area contributed by atoms with Crippen LogP contribution in [0.5, 0.6) is 0 Å². The Bertz CT molecular complexity index is 3040. The van der Waals surface area contributed by atoms with Gasteiger partial charge in [0.05, 0.1) is 5.56 Å². The van der Waals surface area contributed by atoms with Gasteiger partial charge in [-0.05, 0) is 62.6 Å². The Kier molecular flexibility index (Phi) is 5.80. The van der Waals surface area contributed by atoms with Crippen LogP contribution in [0.15, 0.2) is 156 Å². The van der Waals surface area contributed by atoms with Gasteiger partial charge >= 0.3 is 0 Å². The second kappa shape index (κ2) is 10.5. The highest BCUT2D eigenvalue weighted by atomic mass is 32.1. The summed E-state index contributed by atoms with van der Waals surface area (Å²) in [4.78, 5) is 15.6. The number of hydrogen-bond donors (Lipinski definition) is 0. The van der Waals surface area contributed by atoms with Gasteiger partial charge in [-0.1, -0.05) is 121 Å². The van der Waals surface area contributed by atoms with Crippen LogP contribution in [0, 0.1) is 0 Å². The maximum Gasteiger partial charge on any atom is 0.167 e. The summed E-state index contributed by atoms with van der Waals surface area (Å²) in [5.74, 6) is 1.84. The van der Waals surface area contributed by atoms with Crippen LogP contribution in [0.25, 0.3) is 109 Å². The van der Waals surface area contributed by atoms with E-state index in [4.69, 9.17) is 19.4 Å². The van der Waals surface area contributed by atoms with Crippen LogP contribution in [0.4, 0.5) is 0 Å². The van der Waals surface area contributed by atoms with E-state index in [1.165, 1.54) is 42.4 Å². The van der Waals surface area contributed by atoms with Crippen molar-refractivity contribution in [2.24, 2.45) is 0 Å². The van der Waals surface area contributed by atoms with Gasteiger partial charge in [-0.25, -0.2) is 15.0 Å². The summed E-state index contributed by atoms with van der Waals surface area (Å²) in [5, 5.41) is 11.9. The Hall–Kier alpha value is -6.43. The molecule has 3 heterocycles. The van der Waals surface area contributed by atoms with E-state index in [-0.39, 0.29) is 0 Å². The number of benzene rings is 8. The molecule has 50 heavy (non-hydrogen) atoms. The number of thiophene rings is 1. The van der Waals surface area contributed by atoms with E-state index in [2.05, 4.69) is 127 Å². The molecule has 4 nitrogen and oxygen atoms in total. The molecule has 0 N–H and O–H groups in total. The van der Waals surface area contributed by atoms with Gasteiger partial charge < -0.3 is 4.42 Å². The van der Waals surface area contributed by atoms with E-state index in [1.54, 1.807) is 11.3 Å². The molecule has 0 aliphatic carbocycles. The average Bonchev–Trinajstić information content (AvgIpc) is 3.76. The molecule has 0 aliphatic heterocycles. The Morgan fingerprint density at radius 1 is 0.400 bits per heavy atom. The number of nitrogens with zero attached hydrogens (tertiary/aromatic N) is 3. The summed E-state index contributed by atoms with van der Waals surface area (Å²) < 4.78 is 8.87. The number of para-hydroxylation sites is 2. The maximum absolute atomic E-state index is 6.47. The van der Waals surface area contributed by atoms with Crippen LogP contribution in [0.3, 0.4) is 0 Å². The lowest BCUT2D eigenvalue weighted by Crippen LogP contribution is -2.00. The molecule has 0 saturated heterocycles. The molecule has 5 heteroatoms. The van der Waals surface area contributed by atoms with Crippen LogP contribution in [-0.2, 0) is 0 Å². The zero-order valence-corrected chi connectivity index (χ0v) is 27.4. The molecule has 0 fully saturated rings. The molecule has 232 valence electrons. The van der Waals surface area contributed by atoms with Gasteiger partial charge in [-0.15, -0.1) is 11.3 Å². The fourth-order valence-electron chi connectivity index (χ4n) is 7.56. The first-order valence-electron chi connectivity index (χ1n) is 16.7. The third kappa shape index (κ3) is 4.08. The van der Waals surface area contributed by atoms with E-state index in [0.717, 1.165) is 48.7 Å². The first-order chi connectivity index (χ1) is 24.8. The van der Waals surface area contributed by atoms with Gasteiger partial charge in [0.15, 0.2) is 17.5 Å². The normalized spacial score (nSPS) is 12.0. The van der Waals surface area contributed by atoms with E-state index in [9.17, 15) is 0 Å². The van der Waals surface area contributed by atoms with Crippen molar-refractivity contribution >= 4 is 85.8 Å². The van der Waals surface area contributed by atoms with Gasteiger partial charge in [0.1, 0.15) is 11.2 Å². The van der Waals surface area contributed by atoms with Crippen molar-refractivity contribution in [1.82, 2.24) is 15.0 Å². The first kappa shape index (κ1) is 27.5. The molecule has 11 rings (SSSR count). The van der Waals surface area contributed by atoms with Gasteiger partial charge in [0.25, 0.3) is 0 Å². The lowest BCUT2D eigenvalue weighted by atomic mass is 9.96. The standard InChI is InChI=1S/C45H25N3OS/c1-2-10-29-26(9-1)19-23-32-30-22-21-28(25-27(30)20-24-31(29)32)43-46-44(37-15-7-13-35-33-11-3-5-17-39(33)49-41(35)37)48-45(47-43)38-16-8-14-36-34-12-4-6-18-40(34)50-42(36)38/h1-25H. The SMILES string of the molecule is c1ccc2c(c1)ccc1c3ccc(-c4nc(-c5cccc6c5oc5ccccc56)nc(-c5cccc6c5sc5ccccc56)n4)cc3ccc21. The molecular weight excluding hydrogens is 631 g/mol. The highest BCUT2D eigenvalue weighted by molar-refractivity contribution is 7.26. The second-order valence-corrected chi connectivity index (χ2v) is 13.8. The fraction of sp³-hybridized carbons (Fsp3) is 0. The summed E-state index contributed by atoms with van der Waals surface area (Å²) in [6, 6.07) is 53.3. The minimum atomic E-state index is 0.581. The van der Waals surface area contributed by atoms with E-state index in [1.807, 2.05) is 24.3 Å². The predicted octanol–water partition coefficient (Wildman–Crippen LogP) is 12.6. The van der Waals surface area contributed by atoms with Crippen molar-refractivity contribution in [2.75, 3.05) is 0 Å². The van der Waals surface area contributed by atoms with E-state index >= 15 is 0 Å². The number of rotatable bonds is 3. The molecule has 0 amide bonds. The summed E-state index contributed by atoms with van der Waals surface area (Å²) in [6.07, 6.45) is 0. The third-order valence-corrected chi connectivity index (χ3v) is 11.1. The smallest absolute Gasteiger partial charge is 0.167 e. The Labute approximate surface area is 289 Å². The highest BCUT2D eigenvalue weighted by Gasteiger charge is 2.20. The predicted molar refractivity (Wildman–Crippen MR) is 209 cm³/mol. The van der Waals surface area contributed by atoms with E-state index < -0.39 is 0 Å². The van der Waals surface area contributed by atoms with Crippen molar-refractivity contribution < 1.29 is 4.42 Å². The molecule has 3 aromatic heterocycles. The van der Waals surface area contributed by atoms with Crippen molar-refractivity contribution in [2.45, 2.75) is 0 Å². The average molecular weight is 656 g/mol. The van der Waals surface area contributed by atoms with Gasteiger partial charge in [0, 0.05) is 42.1 Å². The Morgan fingerprint density at radius 3 is 1.90 bits per heavy atom. The summed E-state index contributed by atoms with van der Waals surface area (Å²) in [6.45, 7) is 0. The summed E-state index contributed by atoms with van der Waals surface area (Å²) in [5.41, 5.74) is 4.38. The second-order valence-electron chi connectivity index (χ2n) is 12.8. The van der Waals surface area contributed by atoms with Crippen LogP contribution >= 0.6 is 11.3 Å².